The van der Waals surface area contributed by atoms with Crippen LogP contribution in [0.15, 0.2) is 46.0 Å². The van der Waals surface area contributed by atoms with E-state index in [1.807, 2.05) is 6.92 Å². The molecule has 1 aromatic heterocycles. The molecular formula is C22H25FN4O5. The molecule has 1 N–H and O–H groups in total. The zero-order chi connectivity index (χ0) is 22.9. The van der Waals surface area contributed by atoms with Gasteiger partial charge in [0.2, 0.25) is 5.91 Å². The quantitative estimate of drug-likeness (QED) is 0.756. The monoisotopic (exact) mass is 444 g/mol. The topological polar surface area (TPSA) is 105 Å². The summed E-state index contributed by atoms with van der Waals surface area (Å²) in [5.74, 6) is -0.389. The number of ether oxygens (including phenoxy) is 1. The Morgan fingerprint density at radius 1 is 1.12 bits per heavy atom. The minimum absolute atomic E-state index is 0.0778. The van der Waals surface area contributed by atoms with Crippen LogP contribution in [0.5, 0.6) is 0 Å². The molecule has 3 heterocycles. The fourth-order valence-electron chi connectivity index (χ4n) is 4.43. The van der Waals surface area contributed by atoms with Crippen LogP contribution in [0.2, 0.25) is 0 Å². The summed E-state index contributed by atoms with van der Waals surface area (Å²) in [6.45, 7) is 3.41. The standard InChI is InChI=1S/C22H25FN4O5/c1-22(14-26(21(31)32-22)17-4-2-16(23)3-5-17)15-8-11-25(12-9-15)19(29)10-13-27-20(30)7-6-18(28)24-27/h2-7,15H,8-14H2,1H3,(H,24,28)/t22-/m0/s1. The molecule has 170 valence electrons. The number of benzene rings is 1. The molecule has 10 heteroatoms. The first-order chi connectivity index (χ1) is 15.2. The molecule has 2 aromatic rings. The number of cyclic esters (lactones) is 1. The predicted molar refractivity (Wildman–Crippen MR) is 114 cm³/mol. The number of piperidine rings is 1. The molecule has 0 saturated carbocycles. The minimum atomic E-state index is -0.697. The second-order valence-electron chi connectivity index (χ2n) is 8.45. The van der Waals surface area contributed by atoms with Crippen molar-refractivity contribution in [3.63, 3.8) is 0 Å². The lowest BCUT2D eigenvalue weighted by Crippen LogP contribution is -2.47. The predicted octanol–water partition coefficient (Wildman–Crippen LogP) is 1.72. The average Bonchev–Trinajstić information content (AvgIpc) is 3.10. The molecule has 9 nitrogen and oxygen atoms in total. The highest BCUT2D eigenvalue weighted by atomic mass is 19.1. The van der Waals surface area contributed by atoms with Gasteiger partial charge in [0.25, 0.3) is 11.1 Å². The Labute approximate surface area is 183 Å². The number of hydrogen-bond donors (Lipinski definition) is 1. The van der Waals surface area contributed by atoms with Crippen molar-refractivity contribution in [2.24, 2.45) is 5.92 Å². The van der Waals surface area contributed by atoms with Gasteiger partial charge >= 0.3 is 6.09 Å². The van der Waals surface area contributed by atoms with E-state index in [1.165, 1.54) is 23.1 Å². The zero-order valence-electron chi connectivity index (χ0n) is 17.8. The Morgan fingerprint density at radius 3 is 2.50 bits per heavy atom. The van der Waals surface area contributed by atoms with Crippen LogP contribution >= 0.6 is 0 Å². The number of aromatic nitrogens is 2. The van der Waals surface area contributed by atoms with Crippen molar-refractivity contribution >= 4 is 17.7 Å². The molecule has 0 bridgehead atoms. The van der Waals surface area contributed by atoms with E-state index in [0.29, 0.717) is 38.2 Å². The number of halogens is 1. The number of anilines is 1. The molecule has 0 radical (unpaired) electrons. The van der Waals surface area contributed by atoms with Crippen molar-refractivity contribution in [2.75, 3.05) is 24.5 Å². The van der Waals surface area contributed by atoms with E-state index in [0.717, 1.165) is 10.7 Å². The fourth-order valence-corrected chi connectivity index (χ4v) is 4.43. The fraction of sp³-hybridized carbons (Fsp3) is 0.455. The summed E-state index contributed by atoms with van der Waals surface area (Å²) in [7, 11) is 0. The Balaban J connectivity index is 1.33. The van der Waals surface area contributed by atoms with Crippen molar-refractivity contribution in [2.45, 2.75) is 38.3 Å². The zero-order valence-corrected chi connectivity index (χ0v) is 17.8. The number of rotatable bonds is 5. The SMILES string of the molecule is C[C@@]1(C2CCN(C(=O)CCn3[nH]c(=O)ccc3=O)CC2)CN(c2ccc(F)cc2)C(=O)O1. The number of carbonyl (C=O) groups is 2. The molecule has 0 spiro atoms. The summed E-state index contributed by atoms with van der Waals surface area (Å²) in [5.41, 5.74) is -0.871. The highest BCUT2D eigenvalue weighted by molar-refractivity contribution is 5.90. The number of aromatic amines is 1. The van der Waals surface area contributed by atoms with Crippen LogP contribution in [0.4, 0.5) is 14.9 Å². The molecule has 2 aliphatic rings. The first-order valence-corrected chi connectivity index (χ1v) is 10.6. The van der Waals surface area contributed by atoms with E-state index in [9.17, 15) is 23.6 Å². The van der Waals surface area contributed by atoms with Crippen LogP contribution in [0.25, 0.3) is 0 Å². The smallest absolute Gasteiger partial charge is 0.415 e. The first-order valence-electron chi connectivity index (χ1n) is 10.6. The van der Waals surface area contributed by atoms with Crippen LogP contribution in [0.3, 0.4) is 0 Å². The number of hydrogen-bond acceptors (Lipinski definition) is 5. The second-order valence-corrected chi connectivity index (χ2v) is 8.45. The molecule has 1 atom stereocenters. The second kappa shape index (κ2) is 8.60. The van der Waals surface area contributed by atoms with E-state index in [4.69, 9.17) is 4.74 Å². The van der Waals surface area contributed by atoms with Crippen LogP contribution in [0, 0.1) is 11.7 Å². The third kappa shape index (κ3) is 4.44. The first kappa shape index (κ1) is 21.8. The van der Waals surface area contributed by atoms with Gasteiger partial charge in [0.05, 0.1) is 13.1 Å². The van der Waals surface area contributed by atoms with Gasteiger partial charge in [-0.1, -0.05) is 0 Å². The number of carbonyl (C=O) groups excluding carboxylic acids is 2. The molecular weight excluding hydrogens is 419 g/mol. The molecule has 1 aromatic carbocycles. The molecule has 0 unspecified atom stereocenters. The van der Waals surface area contributed by atoms with E-state index < -0.39 is 17.3 Å². The van der Waals surface area contributed by atoms with Crippen molar-refractivity contribution in [3.05, 3.63) is 62.9 Å². The summed E-state index contributed by atoms with van der Waals surface area (Å²) in [6, 6.07) is 8.04. The molecule has 2 saturated heterocycles. The van der Waals surface area contributed by atoms with Crippen LogP contribution in [-0.4, -0.2) is 51.9 Å². The van der Waals surface area contributed by atoms with Crippen molar-refractivity contribution in [1.29, 1.82) is 0 Å². The molecule has 2 aliphatic heterocycles. The van der Waals surface area contributed by atoms with E-state index in [-0.39, 0.29) is 36.2 Å². The van der Waals surface area contributed by atoms with Crippen LogP contribution in [0.1, 0.15) is 26.2 Å². The lowest BCUT2D eigenvalue weighted by molar-refractivity contribution is -0.134. The summed E-state index contributed by atoms with van der Waals surface area (Å²) in [4.78, 5) is 51.4. The molecule has 2 fully saturated rings. The van der Waals surface area contributed by atoms with Gasteiger partial charge in [0.1, 0.15) is 11.4 Å². The number of aryl methyl sites for hydroxylation is 1. The van der Waals surface area contributed by atoms with E-state index >= 15 is 0 Å². The lowest BCUT2D eigenvalue weighted by atomic mass is 9.81. The lowest BCUT2D eigenvalue weighted by Gasteiger charge is -2.39. The maximum atomic E-state index is 13.2. The Morgan fingerprint density at radius 2 is 1.81 bits per heavy atom. The molecule has 32 heavy (non-hydrogen) atoms. The largest absolute Gasteiger partial charge is 0.441 e. The summed E-state index contributed by atoms with van der Waals surface area (Å²) in [6.07, 6.45) is 0.999. The number of likely N-dealkylation sites (tertiary alicyclic amines) is 1. The Kier molecular flexibility index (Phi) is 5.86. The highest BCUT2D eigenvalue weighted by Gasteiger charge is 2.48. The van der Waals surface area contributed by atoms with Crippen molar-refractivity contribution in [1.82, 2.24) is 14.7 Å². The summed E-state index contributed by atoms with van der Waals surface area (Å²) < 4.78 is 20.1. The third-order valence-corrected chi connectivity index (χ3v) is 6.30. The Bertz CT molecular complexity index is 1120. The molecule has 0 aliphatic carbocycles. The highest BCUT2D eigenvalue weighted by Crippen LogP contribution is 2.38. The van der Waals surface area contributed by atoms with E-state index in [2.05, 4.69) is 5.10 Å². The minimum Gasteiger partial charge on any atom is -0.441 e. The van der Waals surface area contributed by atoms with Gasteiger partial charge in [0.15, 0.2) is 0 Å². The number of amides is 2. The summed E-state index contributed by atoms with van der Waals surface area (Å²) >= 11 is 0. The number of H-pyrrole nitrogens is 1. The maximum Gasteiger partial charge on any atom is 0.415 e. The van der Waals surface area contributed by atoms with Gasteiger partial charge in [-0.15, -0.1) is 0 Å². The molecule has 4 rings (SSSR count). The van der Waals surface area contributed by atoms with Gasteiger partial charge in [-0.25, -0.2) is 13.9 Å². The number of nitrogens with one attached hydrogen (secondary N) is 1. The Hall–Kier alpha value is -3.43. The van der Waals surface area contributed by atoms with Gasteiger partial charge in [0, 0.05) is 43.2 Å². The average molecular weight is 444 g/mol. The van der Waals surface area contributed by atoms with Crippen LogP contribution in [-0.2, 0) is 16.1 Å². The third-order valence-electron chi connectivity index (χ3n) is 6.30. The maximum absolute atomic E-state index is 13.2. The van der Waals surface area contributed by atoms with Gasteiger partial charge in [-0.3, -0.25) is 24.4 Å². The van der Waals surface area contributed by atoms with Gasteiger partial charge < -0.3 is 9.64 Å². The van der Waals surface area contributed by atoms with Crippen molar-refractivity contribution in [3.8, 4) is 0 Å². The normalized spacial score (nSPS) is 21.6. The summed E-state index contributed by atoms with van der Waals surface area (Å²) in [5, 5.41) is 2.41. The van der Waals surface area contributed by atoms with E-state index in [1.54, 1.807) is 17.0 Å². The van der Waals surface area contributed by atoms with Gasteiger partial charge in [-0.05, 0) is 44.0 Å². The van der Waals surface area contributed by atoms with Crippen LogP contribution < -0.4 is 16.0 Å². The van der Waals surface area contributed by atoms with Crippen molar-refractivity contribution < 1.29 is 18.7 Å². The van der Waals surface area contributed by atoms with Gasteiger partial charge in [-0.2, -0.15) is 0 Å². The molecule has 2 amide bonds. The number of nitrogens with zero attached hydrogens (tertiary/aromatic N) is 3.